The fraction of sp³-hybridized carbons (Fsp3) is 0.400. The molecule has 5 heteroatoms. The molecule has 15 heavy (non-hydrogen) atoms. The second kappa shape index (κ2) is 3.86. The molecule has 1 saturated heterocycles. The Morgan fingerprint density at radius 1 is 1.20 bits per heavy atom. The molecule has 0 radical (unpaired) electrons. The number of nitrogens with two attached hydrogens (primary N) is 1. The van der Waals surface area contributed by atoms with E-state index >= 15 is 0 Å². The molecule has 2 N–H and O–H groups in total. The fourth-order valence-electron chi connectivity index (χ4n) is 1.73. The van der Waals surface area contributed by atoms with Gasteiger partial charge in [0.2, 0.25) is 0 Å². The molecule has 0 spiro atoms. The average Bonchev–Trinajstić information content (AvgIpc) is 2.26. The zero-order valence-electron chi connectivity index (χ0n) is 8.35. The highest BCUT2D eigenvalue weighted by molar-refractivity contribution is 5.98. The second-order valence-electron chi connectivity index (χ2n) is 3.64. The first-order valence-corrected chi connectivity index (χ1v) is 4.89. The standard InChI is InChI=1S/C10H13N3O2/c11-13-9(14)6-12(7-10(13)15)8-4-2-1-3-5-8/h1-2,4H,3,5-7,11H2. The Morgan fingerprint density at radius 3 is 2.40 bits per heavy atom. The first-order chi connectivity index (χ1) is 7.18. The molecule has 1 heterocycles. The number of nitrogens with zero attached hydrogens (tertiary/aromatic N) is 2. The number of carbonyl (C=O) groups is 2. The summed E-state index contributed by atoms with van der Waals surface area (Å²) in [5.74, 6) is 4.60. The number of rotatable bonds is 1. The molecule has 1 fully saturated rings. The van der Waals surface area contributed by atoms with Gasteiger partial charge >= 0.3 is 0 Å². The van der Waals surface area contributed by atoms with Gasteiger partial charge in [-0.1, -0.05) is 12.2 Å². The minimum atomic E-state index is -0.346. The molecule has 0 aromatic rings. The number of hydrogen-bond donors (Lipinski definition) is 1. The van der Waals surface area contributed by atoms with Gasteiger partial charge in [-0.3, -0.25) is 9.59 Å². The van der Waals surface area contributed by atoms with Crippen LogP contribution in [0.4, 0.5) is 0 Å². The summed E-state index contributed by atoms with van der Waals surface area (Å²) in [6, 6.07) is 0. The lowest BCUT2D eigenvalue weighted by Crippen LogP contribution is -2.56. The Hall–Kier alpha value is -1.62. The van der Waals surface area contributed by atoms with Crippen LogP contribution in [0.15, 0.2) is 23.9 Å². The third kappa shape index (κ3) is 1.92. The minimum Gasteiger partial charge on any atom is -0.356 e. The number of piperazine rings is 1. The van der Waals surface area contributed by atoms with E-state index in [0.29, 0.717) is 5.01 Å². The summed E-state index contributed by atoms with van der Waals surface area (Å²) < 4.78 is 0. The average molecular weight is 207 g/mol. The quantitative estimate of drug-likeness (QED) is 0.366. The number of imide groups is 1. The number of hydrogen-bond acceptors (Lipinski definition) is 4. The Balaban J connectivity index is 2.11. The van der Waals surface area contributed by atoms with E-state index in [-0.39, 0.29) is 24.9 Å². The summed E-state index contributed by atoms with van der Waals surface area (Å²) in [5.41, 5.74) is 1.03. The van der Waals surface area contributed by atoms with Gasteiger partial charge in [-0.25, -0.2) is 10.9 Å². The van der Waals surface area contributed by atoms with Gasteiger partial charge < -0.3 is 4.90 Å². The van der Waals surface area contributed by atoms with Crippen molar-refractivity contribution in [3.05, 3.63) is 23.9 Å². The van der Waals surface area contributed by atoms with Crippen molar-refractivity contribution < 1.29 is 9.59 Å². The number of allylic oxidation sites excluding steroid dienone is 4. The predicted octanol–water partition coefficient (Wildman–Crippen LogP) is -0.235. The zero-order chi connectivity index (χ0) is 10.8. The monoisotopic (exact) mass is 207 g/mol. The Morgan fingerprint density at radius 2 is 1.87 bits per heavy atom. The summed E-state index contributed by atoms with van der Waals surface area (Å²) in [6.07, 6.45) is 7.78. The molecule has 0 unspecified atom stereocenters. The molecular formula is C10H13N3O2. The van der Waals surface area contributed by atoms with Crippen LogP contribution in [0.2, 0.25) is 0 Å². The van der Waals surface area contributed by atoms with Crippen LogP contribution in [0.25, 0.3) is 0 Å². The van der Waals surface area contributed by atoms with Gasteiger partial charge in [0.25, 0.3) is 11.8 Å². The molecule has 0 atom stereocenters. The lowest BCUT2D eigenvalue weighted by Gasteiger charge is -2.33. The molecule has 0 aromatic carbocycles. The van der Waals surface area contributed by atoms with E-state index in [4.69, 9.17) is 5.84 Å². The van der Waals surface area contributed by atoms with Crippen LogP contribution >= 0.6 is 0 Å². The van der Waals surface area contributed by atoms with Crippen LogP contribution in [0.3, 0.4) is 0 Å². The highest BCUT2D eigenvalue weighted by Crippen LogP contribution is 2.18. The Bertz CT molecular complexity index is 342. The van der Waals surface area contributed by atoms with Crippen molar-refractivity contribution in [1.82, 2.24) is 9.91 Å². The first-order valence-electron chi connectivity index (χ1n) is 4.89. The lowest BCUT2D eigenvalue weighted by molar-refractivity contribution is -0.150. The summed E-state index contributed by atoms with van der Waals surface area (Å²) in [6.45, 7) is 0.393. The normalized spacial score (nSPS) is 22.1. The molecule has 2 aliphatic rings. The third-order valence-corrected chi connectivity index (χ3v) is 2.59. The van der Waals surface area contributed by atoms with Gasteiger partial charge in [-0.15, -0.1) is 0 Å². The lowest BCUT2D eigenvalue weighted by atomic mass is 10.1. The van der Waals surface area contributed by atoms with Crippen LogP contribution in [-0.2, 0) is 9.59 Å². The maximum absolute atomic E-state index is 11.4. The highest BCUT2D eigenvalue weighted by atomic mass is 16.2. The van der Waals surface area contributed by atoms with Crippen LogP contribution in [0.1, 0.15) is 12.8 Å². The maximum Gasteiger partial charge on any atom is 0.263 e. The summed E-state index contributed by atoms with van der Waals surface area (Å²) in [7, 11) is 0. The van der Waals surface area contributed by atoms with Crippen molar-refractivity contribution in [2.75, 3.05) is 13.1 Å². The first kappa shape index (κ1) is 9.92. The molecule has 0 saturated carbocycles. The molecule has 5 nitrogen and oxygen atoms in total. The maximum atomic E-state index is 11.4. The molecule has 2 amide bonds. The van der Waals surface area contributed by atoms with Crippen molar-refractivity contribution in [2.24, 2.45) is 5.84 Å². The molecule has 0 bridgehead atoms. The molecule has 2 rings (SSSR count). The Labute approximate surface area is 87.8 Å². The number of hydrazine groups is 1. The third-order valence-electron chi connectivity index (χ3n) is 2.59. The van der Waals surface area contributed by atoms with Crippen molar-refractivity contribution in [3.8, 4) is 0 Å². The van der Waals surface area contributed by atoms with Gasteiger partial charge in [0.15, 0.2) is 0 Å². The van der Waals surface area contributed by atoms with Gasteiger partial charge in [0, 0.05) is 5.70 Å². The van der Waals surface area contributed by atoms with Gasteiger partial charge in [-0.05, 0) is 18.9 Å². The van der Waals surface area contributed by atoms with Crippen LogP contribution < -0.4 is 5.84 Å². The topological polar surface area (TPSA) is 66.6 Å². The van der Waals surface area contributed by atoms with Crippen molar-refractivity contribution in [3.63, 3.8) is 0 Å². The van der Waals surface area contributed by atoms with E-state index in [2.05, 4.69) is 6.08 Å². The van der Waals surface area contributed by atoms with Crippen molar-refractivity contribution in [1.29, 1.82) is 0 Å². The van der Waals surface area contributed by atoms with Crippen LogP contribution in [0, 0.1) is 0 Å². The summed E-state index contributed by atoms with van der Waals surface area (Å²) >= 11 is 0. The van der Waals surface area contributed by atoms with Gasteiger partial charge in [0.1, 0.15) is 0 Å². The highest BCUT2D eigenvalue weighted by Gasteiger charge is 2.29. The molecule has 80 valence electrons. The van der Waals surface area contributed by atoms with Crippen LogP contribution in [0.5, 0.6) is 0 Å². The van der Waals surface area contributed by atoms with Gasteiger partial charge in [-0.2, -0.15) is 0 Å². The van der Waals surface area contributed by atoms with E-state index in [1.165, 1.54) is 0 Å². The SMILES string of the molecule is NN1C(=O)CN(C2=CC=CCC2)CC1=O. The number of amides is 2. The Kier molecular flexibility index (Phi) is 2.55. The van der Waals surface area contributed by atoms with Crippen molar-refractivity contribution >= 4 is 11.8 Å². The summed E-state index contributed by atoms with van der Waals surface area (Å²) in [4.78, 5) is 24.5. The summed E-state index contributed by atoms with van der Waals surface area (Å²) in [5, 5.41) is 0.704. The van der Waals surface area contributed by atoms with E-state index in [9.17, 15) is 9.59 Å². The van der Waals surface area contributed by atoms with E-state index in [0.717, 1.165) is 18.5 Å². The van der Waals surface area contributed by atoms with E-state index in [1.807, 2.05) is 12.2 Å². The van der Waals surface area contributed by atoms with Gasteiger partial charge in [0.05, 0.1) is 13.1 Å². The number of carbonyl (C=O) groups excluding carboxylic acids is 2. The van der Waals surface area contributed by atoms with E-state index in [1.54, 1.807) is 4.90 Å². The predicted molar refractivity (Wildman–Crippen MR) is 54.1 cm³/mol. The van der Waals surface area contributed by atoms with E-state index < -0.39 is 0 Å². The van der Waals surface area contributed by atoms with Crippen LogP contribution in [-0.4, -0.2) is 34.8 Å². The molecule has 0 aromatic heterocycles. The zero-order valence-corrected chi connectivity index (χ0v) is 8.35. The largest absolute Gasteiger partial charge is 0.356 e. The molecular weight excluding hydrogens is 194 g/mol. The second-order valence-corrected chi connectivity index (χ2v) is 3.64. The fourth-order valence-corrected chi connectivity index (χ4v) is 1.73. The minimum absolute atomic E-state index is 0.196. The molecule has 1 aliphatic heterocycles. The molecule has 1 aliphatic carbocycles. The van der Waals surface area contributed by atoms with Crippen molar-refractivity contribution in [2.45, 2.75) is 12.8 Å². The smallest absolute Gasteiger partial charge is 0.263 e.